The lowest BCUT2D eigenvalue weighted by molar-refractivity contribution is 0.183. The van der Waals surface area contributed by atoms with E-state index in [1.165, 1.54) is 0 Å². The van der Waals surface area contributed by atoms with Crippen molar-refractivity contribution in [1.29, 1.82) is 0 Å². The summed E-state index contributed by atoms with van der Waals surface area (Å²) in [5.74, 6) is 0. The molecular weight excluding hydrogens is 260 g/mol. The van der Waals surface area contributed by atoms with Crippen molar-refractivity contribution in [2.75, 3.05) is 25.7 Å². The van der Waals surface area contributed by atoms with Crippen molar-refractivity contribution in [3.8, 4) is 0 Å². The topological polar surface area (TPSA) is 24.5 Å². The third kappa shape index (κ3) is 5.01. The van der Waals surface area contributed by atoms with Gasteiger partial charge in [-0.2, -0.15) is 0 Å². The number of rotatable bonds is 7. The van der Waals surface area contributed by atoms with Gasteiger partial charge in [0.25, 0.3) is 0 Å². The van der Waals surface area contributed by atoms with E-state index in [-0.39, 0.29) is 0 Å². The van der Waals surface area contributed by atoms with Gasteiger partial charge in [0.2, 0.25) is 0 Å². The van der Waals surface area contributed by atoms with Crippen LogP contribution < -0.4 is 10.2 Å². The Morgan fingerprint density at radius 1 is 1.32 bits per heavy atom. The molecule has 0 amide bonds. The minimum absolute atomic E-state index is 0.320. The number of hydrogen-bond donors (Lipinski definition) is 1. The second-order valence-electron chi connectivity index (χ2n) is 5.23. The van der Waals surface area contributed by atoms with Gasteiger partial charge in [-0.05, 0) is 24.6 Å². The van der Waals surface area contributed by atoms with Crippen LogP contribution in [0.3, 0.4) is 0 Å². The van der Waals surface area contributed by atoms with Crippen LogP contribution in [0.2, 0.25) is 5.02 Å². The third-order valence-corrected chi connectivity index (χ3v) is 3.57. The zero-order valence-electron chi connectivity index (χ0n) is 12.5. The molecule has 19 heavy (non-hydrogen) atoms. The molecule has 0 aliphatic heterocycles. The van der Waals surface area contributed by atoms with Gasteiger partial charge in [-0.3, -0.25) is 0 Å². The smallest absolute Gasteiger partial charge is 0.0663 e. The van der Waals surface area contributed by atoms with Crippen molar-refractivity contribution >= 4 is 17.3 Å². The SMILES string of the molecule is COCC(C)N(C)c1ccc(CNC(C)C)c(Cl)c1. The maximum Gasteiger partial charge on any atom is 0.0663 e. The first-order valence-corrected chi connectivity index (χ1v) is 7.07. The van der Waals surface area contributed by atoms with E-state index in [1.54, 1.807) is 7.11 Å². The van der Waals surface area contributed by atoms with E-state index < -0.39 is 0 Å². The average molecular weight is 285 g/mol. The summed E-state index contributed by atoms with van der Waals surface area (Å²) in [6, 6.07) is 6.99. The largest absolute Gasteiger partial charge is 0.383 e. The number of anilines is 1. The summed E-state index contributed by atoms with van der Waals surface area (Å²) in [5, 5.41) is 4.18. The molecule has 1 unspecified atom stereocenters. The first kappa shape index (κ1) is 16.3. The summed E-state index contributed by atoms with van der Waals surface area (Å²) in [6.45, 7) is 7.88. The molecule has 1 aromatic rings. The fourth-order valence-electron chi connectivity index (χ4n) is 1.82. The fraction of sp³-hybridized carbons (Fsp3) is 0.600. The van der Waals surface area contributed by atoms with Crippen LogP contribution in [0.25, 0.3) is 0 Å². The Balaban J connectivity index is 2.75. The van der Waals surface area contributed by atoms with Gasteiger partial charge >= 0.3 is 0 Å². The number of benzene rings is 1. The highest BCUT2D eigenvalue weighted by molar-refractivity contribution is 6.31. The molecule has 1 rings (SSSR count). The number of nitrogens with one attached hydrogen (secondary N) is 1. The summed E-state index contributed by atoms with van der Waals surface area (Å²) < 4.78 is 5.18. The van der Waals surface area contributed by atoms with Crippen LogP contribution in [0.15, 0.2) is 18.2 Å². The molecule has 0 saturated carbocycles. The Hall–Kier alpha value is -0.770. The molecule has 3 nitrogen and oxygen atoms in total. The van der Waals surface area contributed by atoms with Crippen LogP contribution >= 0.6 is 11.6 Å². The van der Waals surface area contributed by atoms with Crippen molar-refractivity contribution in [3.63, 3.8) is 0 Å². The van der Waals surface area contributed by atoms with Crippen LogP contribution in [-0.2, 0) is 11.3 Å². The molecule has 1 N–H and O–H groups in total. The summed E-state index contributed by atoms with van der Waals surface area (Å²) in [7, 11) is 3.78. The van der Waals surface area contributed by atoms with E-state index in [2.05, 4.69) is 50.2 Å². The van der Waals surface area contributed by atoms with Gasteiger partial charge in [0.05, 0.1) is 6.61 Å². The number of halogens is 1. The minimum Gasteiger partial charge on any atom is -0.383 e. The molecule has 108 valence electrons. The quantitative estimate of drug-likeness (QED) is 0.831. The highest BCUT2D eigenvalue weighted by atomic mass is 35.5. The summed E-state index contributed by atoms with van der Waals surface area (Å²) in [6.07, 6.45) is 0. The Kier molecular flexibility index (Phi) is 6.63. The van der Waals surface area contributed by atoms with Gasteiger partial charge in [-0.15, -0.1) is 0 Å². The molecule has 0 spiro atoms. The molecule has 1 aromatic carbocycles. The lowest BCUT2D eigenvalue weighted by Crippen LogP contribution is -2.32. The summed E-state index contributed by atoms with van der Waals surface area (Å²) in [5.41, 5.74) is 2.25. The molecule has 1 atom stereocenters. The summed E-state index contributed by atoms with van der Waals surface area (Å²) in [4.78, 5) is 2.18. The minimum atomic E-state index is 0.320. The zero-order chi connectivity index (χ0) is 14.4. The fourth-order valence-corrected chi connectivity index (χ4v) is 2.06. The number of ether oxygens (including phenoxy) is 1. The molecule has 0 heterocycles. The molecule has 4 heteroatoms. The monoisotopic (exact) mass is 284 g/mol. The Morgan fingerprint density at radius 3 is 2.53 bits per heavy atom. The highest BCUT2D eigenvalue weighted by Gasteiger charge is 2.11. The predicted molar refractivity (Wildman–Crippen MR) is 83.2 cm³/mol. The Morgan fingerprint density at radius 2 is 2.00 bits per heavy atom. The van der Waals surface area contributed by atoms with E-state index in [9.17, 15) is 0 Å². The van der Waals surface area contributed by atoms with Crippen LogP contribution in [0, 0.1) is 0 Å². The van der Waals surface area contributed by atoms with E-state index in [4.69, 9.17) is 16.3 Å². The second kappa shape index (κ2) is 7.73. The van der Waals surface area contributed by atoms with Gasteiger partial charge in [0.1, 0.15) is 0 Å². The number of hydrogen-bond acceptors (Lipinski definition) is 3. The molecule has 0 aliphatic carbocycles. The molecular formula is C15H25ClN2O. The van der Waals surface area contributed by atoms with Crippen molar-refractivity contribution < 1.29 is 4.74 Å². The molecule has 0 saturated heterocycles. The van der Waals surface area contributed by atoms with Crippen LogP contribution in [-0.4, -0.2) is 32.8 Å². The van der Waals surface area contributed by atoms with E-state index in [0.29, 0.717) is 18.7 Å². The zero-order valence-corrected chi connectivity index (χ0v) is 13.3. The number of likely N-dealkylation sites (N-methyl/N-ethyl adjacent to an activating group) is 1. The van der Waals surface area contributed by atoms with E-state index >= 15 is 0 Å². The van der Waals surface area contributed by atoms with Gasteiger partial charge in [-0.1, -0.05) is 31.5 Å². The van der Waals surface area contributed by atoms with Crippen LogP contribution in [0.4, 0.5) is 5.69 Å². The van der Waals surface area contributed by atoms with Crippen LogP contribution in [0.1, 0.15) is 26.3 Å². The average Bonchev–Trinajstić information content (AvgIpc) is 2.36. The van der Waals surface area contributed by atoms with E-state index in [1.807, 2.05) is 6.07 Å². The van der Waals surface area contributed by atoms with Crippen molar-refractivity contribution in [3.05, 3.63) is 28.8 Å². The first-order chi connectivity index (χ1) is 8.95. The molecule has 0 aromatic heterocycles. The van der Waals surface area contributed by atoms with Gasteiger partial charge in [-0.25, -0.2) is 0 Å². The molecule has 0 fully saturated rings. The molecule has 0 bridgehead atoms. The third-order valence-electron chi connectivity index (χ3n) is 3.21. The number of methoxy groups -OCH3 is 1. The highest BCUT2D eigenvalue weighted by Crippen LogP contribution is 2.24. The molecule has 0 aliphatic rings. The lowest BCUT2D eigenvalue weighted by Gasteiger charge is -2.27. The van der Waals surface area contributed by atoms with Gasteiger partial charge in [0.15, 0.2) is 0 Å². The van der Waals surface area contributed by atoms with Gasteiger partial charge < -0.3 is 15.0 Å². The Labute approximate surface area is 121 Å². The maximum absolute atomic E-state index is 6.34. The predicted octanol–water partition coefficient (Wildman–Crippen LogP) is 3.31. The number of nitrogens with zero attached hydrogens (tertiary/aromatic N) is 1. The normalized spacial score (nSPS) is 12.8. The molecule has 0 radical (unpaired) electrons. The summed E-state index contributed by atoms with van der Waals surface area (Å²) >= 11 is 6.34. The van der Waals surface area contributed by atoms with Crippen molar-refractivity contribution in [2.45, 2.75) is 39.4 Å². The second-order valence-corrected chi connectivity index (χ2v) is 5.63. The van der Waals surface area contributed by atoms with E-state index in [0.717, 1.165) is 22.8 Å². The standard InChI is InChI=1S/C15H25ClN2O/c1-11(2)17-9-13-6-7-14(8-15(13)16)18(4)12(3)10-19-5/h6-8,11-12,17H,9-10H2,1-5H3. The van der Waals surface area contributed by atoms with Crippen LogP contribution in [0.5, 0.6) is 0 Å². The van der Waals surface area contributed by atoms with Crippen molar-refractivity contribution in [1.82, 2.24) is 5.32 Å². The maximum atomic E-state index is 6.34. The lowest BCUT2D eigenvalue weighted by atomic mass is 10.1. The van der Waals surface area contributed by atoms with Gasteiger partial charge in [0, 0.05) is 43.5 Å². The first-order valence-electron chi connectivity index (χ1n) is 6.69. The Bertz CT molecular complexity index is 396. The van der Waals surface area contributed by atoms with Crippen molar-refractivity contribution in [2.24, 2.45) is 0 Å².